The SMILES string of the molecule is O=C(CCC1CC1)Cc1ccccn1. The summed E-state index contributed by atoms with van der Waals surface area (Å²) in [6, 6.07) is 5.71. The van der Waals surface area contributed by atoms with Gasteiger partial charge in [0.25, 0.3) is 0 Å². The number of hydrogen-bond donors (Lipinski definition) is 0. The van der Waals surface area contributed by atoms with E-state index in [2.05, 4.69) is 4.98 Å². The average molecular weight is 189 g/mol. The lowest BCUT2D eigenvalue weighted by atomic mass is 10.1. The first-order chi connectivity index (χ1) is 6.84. The fourth-order valence-electron chi connectivity index (χ4n) is 1.56. The second kappa shape index (κ2) is 4.36. The van der Waals surface area contributed by atoms with Crippen LogP contribution in [0.15, 0.2) is 24.4 Å². The van der Waals surface area contributed by atoms with Crippen LogP contribution in [0.25, 0.3) is 0 Å². The minimum absolute atomic E-state index is 0.329. The van der Waals surface area contributed by atoms with Crippen molar-refractivity contribution >= 4 is 5.78 Å². The Kier molecular flexibility index (Phi) is 2.92. The summed E-state index contributed by atoms with van der Waals surface area (Å²) in [6.07, 6.45) is 6.73. The third-order valence-corrected chi connectivity index (χ3v) is 2.63. The lowest BCUT2D eigenvalue weighted by Crippen LogP contribution is -2.04. The number of ketones is 1. The van der Waals surface area contributed by atoms with Crippen LogP contribution in [0, 0.1) is 5.92 Å². The Morgan fingerprint density at radius 3 is 2.93 bits per heavy atom. The van der Waals surface area contributed by atoms with Crippen molar-refractivity contribution in [3.8, 4) is 0 Å². The van der Waals surface area contributed by atoms with Crippen LogP contribution in [-0.4, -0.2) is 10.8 Å². The van der Waals surface area contributed by atoms with Gasteiger partial charge in [0.2, 0.25) is 0 Å². The highest BCUT2D eigenvalue weighted by molar-refractivity contribution is 5.80. The summed E-state index contributed by atoms with van der Waals surface area (Å²) in [6.45, 7) is 0. The molecule has 0 amide bonds. The lowest BCUT2D eigenvalue weighted by molar-refractivity contribution is -0.118. The first kappa shape index (κ1) is 9.38. The predicted molar refractivity (Wildman–Crippen MR) is 54.9 cm³/mol. The van der Waals surface area contributed by atoms with E-state index in [1.807, 2.05) is 18.2 Å². The van der Waals surface area contributed by atoms with Gasteiger partial charge in [0.1, 0.15) is 5.78 Å². The molecule has 1 aromatic rings. The van der Waals surface area contributed by atoms with E-state index in [4.69, 9.17) is 0 Å². The second-order valence-corrected chi connectivity index (χ2v) is 4.02. The fourth-order valence-corrected chi connectivity index (χ4v) is 1.56. The van der Waals surface area contributed by atoms with E-state index in [0.29, 0.717) is 12.2 Å². The van der Waals surface area contributed by atoms with Crippen LogP contribution >= 0.6 is 0 Å². The summed E-state index contributed by atoms with van der Waals surface area (Å²) < 4.78 is 0. The molecule has 1 aliphatic rings. The minimum atomic E-state index is 0.329. The Morgan fingerprint density at radius 1 is 1.43 bits per heavy atom. The molecule has 2 heteroatoms. The van der Waals surface area contributed by atoms with Crippen molar-refractivity contribution in [2.24, 2.45) is 5.92 Å². The van der Waals surface area contributed by atoms with E-state index >= 15 is 0 Å². The average Bonchev–Trinajstić information content (AvgIpc) is 3.00. The molecule has 2 rings (SSSR count). The third kappa shape index (κ3) is 2.95. The van der Waals surface area contributed by atoms with Crippen LogP contribution in [0.4, 0.5) is 0 Å². The van der Waals surface area contributed by atoms with Crippen molar-refractivity contribution in [3.05, 3.63) is 30.1 Å². The molecular weight excluding hydrogens is 174 g/mol. The molecule has 1 heterocycles. The number of rotatable bonds is 5. The van der Waals surface area contributed by atoms with Crippen LogP contribution in [0.5, 0.6) is 0 Å². The van der Waals surface area contributed by atoms with E-state index in [1.54, 1.807) is 6.20 Å². The van der Waals surface area contributed by atoms with E-state index in [0.717, 1.165) is 24.5 Å². The molecule has 0 unspecified atom stereocenters. The zero-order valence-electron chi connectivity index (χ0n) is 8.28. The molecule has 0 aromatic carbocycles. The van der Waals surface area contributed by atoms with Gasteiger partial charge >= 0.3 is 0 Å². The molecule has 0 radical (unpaired) electrons. The van der Waals surface area contributed by atoms with E-state index in [1.165, 1.54) is 12.8 Å². The van der Waals surface area contributed by atoms with Gasteiger partial charge in [-0.15, -0.1) is 0 Å². The molecule has 0 saturated heterocycles. The van der Waals surface area contributed by atoms with E-state index in [-0.39, 0.29) is 0 Å². The van der Waals surface area contributed by atoms with Crippen molar-refractivity contribution in [2.75, 3.05) is 0 Å². The number of hydrogen-bond acceptors (Lipinski definition) is 2. The van der Waals surface area contributed by atoms with Crippen LogP contribution in [0.1, 0.15) is 31.4 Å². The first-order valence-corrected chi connectivity index (χ1v) is 5.26. The molecule has 1 fully saturated rings. The standard InChI is InChI=1S/C12H15NO/c14-12(7-6-10-4-5-10)9-11-3-1-2-8-13-11/h1-3,8,10H,4-7,9H2. The van der Waals surface area contributed by atoms with Crippen molar-refractivity contribution in [1.29, 1.82) is 0 Å². The Bertz CT molecular complexity index is 303. The number of carbonyl (C=O) groups is 1. The summed E-state index contributed by atoms with van der Waals surface area (Å²) in [5, 5.41) is 0. The highest BCUT2D eigenvalue weighted by atomic mass is 16.1. The number of pyridine rings is 1. The van der Waals surface area contributed by atoms with Gasteiger partial charge in [0.05, 0.1) is 0 Å². The second-order valence-electron chi connectivity index (χ2n) is 4.02. The zero-order valence-corrected chi connectivity index (χ0v) is 8.28. The molecule has 0 atom stereocenters. The fraction of sp³-hybridized carbons (Fsp3) is 0.500. The highest BCUT2D eigenvalue weighted by Crippen LogP contribution is 2.33. The quantitative estimate of drug-likeness (QED) is 0.711. The molecule has 2 nitrogen and oxygen atoms in total. The Hall–Kier alpha value is -1.18. The van der Waals surface area contributed by atoms with Crippen molar-refractivity contribution in [3.63, 3.8) is 0 Å². The molecule has 1 aliphatic carbocycles. The Morgan fingerprint density at radius 2 is 2.29 bits per heavy atom. The Balaban J connectivity index is 1.76. The maximum absolute atomic E-state index is 11.5. The predicted octanol–water partition coefficient (Wildman–Crippen LogP) is 2.38. The maximum atomic E-state index is 11.5. The molecule has 14 heavy (non-hydrogen) atoms. The van der Waals surface area contributed by atoms with Crippen molar-refractivity contribution < 1.29 is 4.79 Å². The molecule has 0 aliphatic heterocycles. The summed E-state index contributed by atoms with van der Waals surface area (Å²) in [5.41, 5.74) is 0.897. The zero-order chi connectivity index (χ0) is 9.80. The monoisotopic (exact) mass is 189 g/mol. The third-order valence-electron chi connectivity index (χ3n) is 2.63. The van der Waals surface area contributed by atoms with Gasteiger partial charge in [-0.25, -0.2) is 0 Å². The topological polar surface area (TPSA) is 30.0 Å². The van der Waals surface area contributed by atoms with E-state index < -0.39 is 0 Å². The van der Waals surface area contributed by atoms with Gasteiger partial charge in [0, 0.05) is 24.7 Å². The number of carbonyl (C=O) groups excluding carboxylic acids is 1. The molecule has 1 saturated carbocycles. The van der Waals surface area contributed by atoms with Gasteiger partial charge in [-0.05, 0) is 24.5 Å². The number of nitrogens with zero attached hydrogens (tertiary/aromatic N) is 1. The number of aromatic nitrogens is 1. The van der Waals surface area contributed by atoms with Crippen molar-refractivity contribution in [2.45, 2.75) is 32.1 Å². The Labute approximate surface area is 84.4 Å². The summed E-state index contributed by atoms with van der Waals surface area (Å²) >= 11 is 0. The van der Waals surface area contributed by atoms with E-state index in [9.17, 15) is 4.79 Å². The first-order valence-electron chi connectivity index (χ1n) is 5.26. The van der Waals surface area contributed by atoms with Gasteiger partial charge < -0.3 is 0 Å². The molecule has 1 aromatic heterocycles. The molecule has 0 bridgehead atoms. The van der Waals surface area contributed by atoms with Gasteiger partial charge in [-0.3, -0.25) is 9.78 Å². The van der Waals surface area contributed by atoms with Gasteiger partial charge in [-0.2, -0.15) is 0 Å². The van der Waals surface area contributed by atoms with Crippen LogP contribution in [0.3, 0.4) is 0 Å². The molecule has 0 spiro atoms. The van der Waals surface area contributed by atoms with Crippen molar-refractivity contribution in [1.82, 2.24) is 4.98 Å². The molecule has 74 valence electrons. The molecule has 0 N–H and O–H groups in total. The maximum Gasteiger partial charge on any atom is 0.138 e. The van der Waals surface area contributed by atoms with Gasteiger partial charge in [0.15, 0.2) is 0 Å². The largest absolute Gasteiger partial charge is 0.299 e. The normalized spacial score (nSPS) is 15.4. The van der Waals surface area contributed by atoms with Gasteiger partial charge in [-0.1, -0.05) is 18.9 Å². The molecular formula is C12H15NO. The number of Topliss-reactive ketones (excluding diaryl/α,β-unsaturated/α-hetero) is 1. The lowest BCUT2D eigenvalue weighted by Gasteiger charge is -1.99. The minimum Gasteiger partial charge on any atom is -0.299 e. The van der Waals surface area contributed by atoms with Crippen LogP contribution in [0.2, 0.25) is 0 Å². The van der Waals surface area contributed by atoms with Crippen LogP contribution < -0.4 is 0 Å². The summed E-state index contributed by atoms with van der Waals surface area (Å²) in [4.78, 5) is 15.6. The summed E-state index contributed by atoms with van der Waals surface area (Å²) in [5.74, 6) is 1.18. The highest BCUT2D eigenvalue weighted by Gasteiger charge is 2.21. The van der Waals surface area contributed by atoms with Crippen LogP contribution in [-0.2, 0) is 11.2 Å². The summed E-state index contributed by atoms with van der Waals surface area (Å²) in [7, 11) is 0. The smallest absolute Gasteiger partial charge is 0.138 e.